The molecule has 2 aromatic heterocycles. The number of nitrogens with zero attached hydrogens (tertiary/aromatic N) is 6. The average molecular weight is 601 g/mol. The summed E-state index contributed by atoms with van der Waals surface area (Å²) in [5.74, 6) is 0.319. The summed E-state index contributed by atoms with van der Waals surface area (Å²) in [6.07, 6.45) is 6.00. The van der Waals surface area contributed by atoms with Crippen LogP contribution >= 0.6 is 0 Å². The number of likely N-dealkylation sites (N-methyl/N-ethyl adjacent to an activating group) is 1. The number of hydrogen-bond acceptors (Lipinski definition) is 7. The first kappa shape index (κ1) is 29.1. The maximum absolute atomic E-state index is 13.2. The highest BCUT2D eigenvalue weighted by molar-refractivity contribution is 5.98. The van der Waals surface area contributed by atoms with Gasteiger partial charge in [-0.15, -0.1) is 0 Å². The number of hydrogen-bond donors (Lipinski definition) is 2. The number of nitrogen functional groups attached to an aromatic ring is 1. The third-order valence-electron chi connectivity index (χ3n) is 9.55. The molecule has 9 nitrogen and oxygen atoms in total. The van der Waals surface area contributed by atoms with Crippen molar-refractivity contribution in [2.75, 3.05) is 39.0 Å². The molecule has 3 N–H and O–H groups in total. The van der Waals surface area contributed by atoms with Gasteiger partial charge in [0.05, 0.1) is 17.5 Å². The van der Waals surface area contributed by atoms with E-state index < -0.39 is 0 Å². The normalized spacial score (nSPS) is 20.2. The van der Waals surface area contributed by atoms with Crippen molar-refractivity contribution >= 4 is 22.8 Å². The van der Waals surface area contributed by atoms with E-state index in [4.69, 9.17) is 10.8 Å². The van der Waals surface area contributed by atoms with Crippen LogP contribution in [0.1, 0.15) is 59.3 Å². The highest BCUT2D eigenvalue weighted by atomic mass is 16.1. The number of aromatic nitrogens is 4. The molecule has 9 heteroatoms. The number of rotatable bonds is 7. The van der Waals surface area contributed by atoms with Crippen LogP contribution in [0.25, 0.3) is 22.3 Å². The van der Waals surface area contributed by atoms with E-state index in [0.29, 0.717) is 17.4 Å². The van der Waals surface area contributed by atoms with Crippen molar-refractivity contribution in [2.45, 2.75) is 43.8 Å². The number of piperazine rings is 1. The van der Waals surface area contributed by atoms with Gasteiger partial charge in [-0.25, -0.2) is 14.6 Å². The fraction of sp³-hybridized carbons (Fsp3) is 0.333. The Balaban J connectivity index is 1.16. The molecule has 1 saturated heterocycles. The lowest BCUT2D eigenvalue weighted by atomic mass is 9.90. The van der Waals surface area contributed by atoms with Gasteiger partial charge < -0.3 is 16.0 Å². The SMILES string of the molecule is CN1CCN(C2CCC(n3nc(-c4ccc(C(NC(=O)c5ccccc5)c5ccccc5)cc4)c4c(N)ncnc43)CC2)CC1. The van der Waals surface area contributed by atoms with Crippen molar-refractivity contribution in [1.29, 1.82) is 0 Å². The Labute approximate surface area is 264 Å². The Morgan fingerprint density at radius 1 is 0.800 bits per heavy atom. The summed E-state index contributed by atoms with van der Waals surface area (Å²) in [6.45, 7) is 4.60. The van der Waals surface area contributed by atoms with Crippen molar-refractivity contribution in [3.63, 3.8) is 0 Å². The number of amides is 1. The van der Waals surface area contributed by atoms with E-state index in [9.17, 15) is 4.79 Å². The number of benzene rings is 3. The van der Waals surface area contributed by atoms with Gasteiger partial charge in [-0.1, -0.05) is 72.8 Å². The van der Waals surface area contributed by atoms with E-state index >= 15 is 0 Å². The maximum Gasteiger partial charge on any atom is 0.252 e. The Kier molecular flexibility index (Phi) is 8.28. The highest BCUT2D eigenvalue weighted by Crippen LogP contribution is 2.37. The summed E-state index contributed by atoms with van der Waals surface area (Å²) in [7, 11) is 2.21. The minimum Gasteiger partial charge on any atom is -0.383 e. The zero-order chi connectivity index (χ0) is 30.8. The molecular formula is C36H40N8O. The van der Waals surface area contributed by atoms with Gasteiger partial charge in [-0.05, 0) is 56.0 Å². The first-order valence-corrected chi connectivity index (χ1v) is 16.0. The van der Waals surface area contributed by atoms with E-state index in [1.165, 1.54) is 0 Å². The molecule has 3 heterocycles. The van der Waals surface area contributed by atoms with E-state index in [-0.39, 0.29) is 18.0 Å². The predicted molar refractivity (Wildman–Crippen MR) is 178 cm³/mol. The first-order chi connectivity index (χ1) is 22.0. The summed E-state index contributed by atoms with van der Waals surface area (Å²) < 4.78 is 2.10. The van der Waals surface area contributed by atoms with Gasteiger partial charge in [0.25, 0.3) is 5.91 Å². The number of fused-ring (bicyclic) bond motifs is 1. The molecule has 1 aliphatic carbocycles. The van der Waals surface area contributed by atoms with Crippen LogP contribution in [0, 0.1) is 0 Å². The molecule has 0 bridgehead atoms. The largest absolute Gasteiger partial charge is 0.383 e. The van der Waals surface area contributed by atoms with Gasteiger partial charge in [0.2, 0.25) is 0 Å². The van der Waals surface area contributed by atoms with Crippen LogP contribution < -0.4 is 11.1 Å². The molecule has 7 rings (SSSR count). The van der Waals surface area contributed by atoms with Crippen molar-refractivity contribution in [3.05, 3.63) is 108 Å². The molecular weight excluding hydrogens is 560 g/mol. The number of carbonyl (C=O) groups excluding carboxylic acids is 1. The van der Waals surface area contributed by atoms with E-state index in [1.807, 2.05) is 60.7 Å². The van der Waals surface area contributed by atoms with Crippen LogP contribution in [-0.4, -0.2) is 74.7 Å². The summed E-state index contributed by atoms with van der Waals surface area (Å²) in [6, 6.07) is 28.2. The van der Waals surface area contributed by atoms with E-state index in [0.717, 1.165) is 85.3 Å². The fourth-order valence-electron chi connectivity index (χ4n) is 6.95. The maximum atomic E-state index is 13.2. The van der Waals surface area contributed by atoms with Gasteiger partial charge >= 0.3 is 0 Å². The number of anilines is 1. The van der Waals surface area contributed by atoms with Crippen molar-refractivity contribution in [1.82, 2.24) is 34.9 Å². The second-order valence-corrected chi connectivity index (χ2v) is 12.4. The Morgan fingerprint density at radius 3 is 2.11 bits per heavy atom. The summed E-state index contributed by atoms with van der Waals surface area (Å²) >= 11 is 0. The molecule has 45 heavy (non-hydrogen) atoms. The number of nitrogens with one attached hydrogen (secondary N) is 1. The predicted octanol–water partition coefficient (Wildman–Crippen LogP) is 5.33. The lowest BCUT2D eigenvalue weighted by Gasteiger charge is -2.41. The van der Waals surface area contributed by atoms with E-state index in [2.05, 4.69) is 61.1 Å². The third-order valence-corrected chi connectivity index (χ3v) is 9.55. The minimum atomic E-state index is -0.314. The Bertz CT molecular complexity index is 1740. The molecule has 2 fully saturated rings. The van der Waals surface area contributed by atoms with Crippen LogP contribution in [0.3, 0.4) is 0 Å². The van der Waals surface area contributed by atoms with Gasteiger partial charge in [0, 0.05) is 43.3 Å². The van der Waals surface area contributed by atoms with Crippen molar-refractivity contribution in [2.24, 2.45) is 0 Å². The smallest absolute Gasteiger partial charge is 0.252 e. The lowest BCUT2D eigenvalue weighted by molar-refractivity contribution is 0.0815. The van der Waals surface area contributed by atoms with Gasteiger partial charge in [0.1, 0.15) is 17.8 Å². The van der Waals surface area contributed by atoms with Gasteiger partial charge in [-0.2, -0.15) is 5.10 Å². The van der Waals surface area contributed by atoms with Gasteiger partial charge in [-0.3, -0.25) is 9.69 Å². The highest BCUT2D eigenvalue weighted by Gasteiger charge is 2.31. The summed E-state index contributed by atoms with van der Waals surface area (Å²) in [5, 5.41) is 9.19. The first-order valence-electron chi connectivity index (χ1n) is 16.0. The summed E-state index contributed by atoms with van der Waals surface area (Å²) in [5.41, 5.74) is 11.6. The number of carbonyl (C=O) groups is 1. The molecule has 1 aliphatic heterocycles. The summed E-state index contributed by atoms with van der Waals surface area (Å²) in [4.78, 5) is 27.3. The van der Waals surface area contributed by atoms with Crippen LogP contribution in [0.4, 0.5) is 5.82 Å². The molecule has 1 unspecified atom stereocenters. The zero-order valence-corrected chi connectivity index (χ0v) is 25.7. The topological polar surface area (TPSA) is 105 Å². The van der Waals surface area contributed by atoms with Crippen molar-refractivity contribution < 1.29 is 4.79 Å². The van der Waals surface area contributed by atoms with Gasteiger partial charge in [0.15, 0.2) is 5.65 Å². The third kappa shape index (κ3) is 6.06. The van der Waals surface area contributed by atoms with E-state index in [1.54, 1.807) is 6.33 Å². The Morgan fingerprint density at radius 2 is 1.42 bits per heavy atom. The molecule has 0 spiro atoms. The Hall–Kier alpha value is -4.60. The average Bonchev–Trinajstić information content (AvgIpc) is 3.49. The monoisotopic (exact) mass is 600 g/mol. The fourth-order valence-corrected chi connectivity index (χ4v) is 6.95. The zero-order valence-electron chi connectivity index (χ0n) is 25.7. The molecule has 1 saturated carbocycles. The minimum absolute atomic E-state index is 0.120. The molecule has 3 aromatic carbocycles. The van der Waals surface area contributed by atoms with Crippen molar-refractivity contribution in [3.8, 4) is 11.3 Å². The number of nitrogens with two attached hydrogens (primary N) is 1. The molecule has 1 amide bonds. The molecule has 0 radical (unpaired) electrons. The lowest BCUT2D eigenvalue weighted by Crippen LogP contribution is -2.49. The second-order valence-electron chi connectivity index (χ2n) is 12.4. The van der Waals surface area contributed by atoms with Crippen LogP contribution in [0.5, 0.6) is 0 Å². The van der Waals surface area contributed by atoms with Crippen LogP contribution in [0.2, 0.25) is 0 Å². The second kappa shape index (κ2) is 12.8. The standard InChI is InChI=1S/C36H40N8O/c1-42-20-22-43(23-21-42)29-16-18-30(19-17-29)44-35-31(34(37)38-24-39-35)33(41-44)27-14-12-26(13-15-27)32(25-8-4-2-5-9-25)40-36(45)28-10-6-3-7-11-28/h2-15,24,29-30,32H,16-23H2,1H3,(H,40,45)(H2,37,38,39). The molecule has 1 atom stereocenters. The van der Waals surface area contributed by atoms with Crippen LogP contribution in [-0.2, 0) is 0 Å². The molecule has 230 valence electrons. The molecule has 2 aliphatic rings. The quantitative estimate of drug-likeness (QED) is 0.260. The molecule has 5 aromatic rings. The van der Waals surface area contributed by atoms with Crippen LogP contribution in [0.15, 0.2) is 91.3 Å².